The highest BCUT2D eigenvalue weighted by molar-refractivity contribution is 5.12. The Morgan fingerprint density at radius 3 is 2.94 bits per heavy atom. The SMILES string of the molecule is c1oc(COCC2CC2)cc1CNC1CC1. The second kappa shape index (κ2) is 4.60. The molecular weight excluding hydrogens is 202 g/mol. The Morgan fingerprint density at radius 1 is 1.31 bits per heavy atom. The molecule has 0 aliphatic heterocycles. The highest BCUT2D eigenvalue weighted by Gasteiger charge is 2.21. The van der Waals surface area contributed by atoms with Gasteiger partial charge in [-0.3, -0.25) is 0 Å². The summed E-state index contributed by atoms with van der Waals surface area (Å²) in [5.74, 6) is 1.78. The molecular formula is C13H19NO2. The third-order valence-electron chi connectivity index (χ3n) is 3.18. The van der Waals surface area contributed by atoms with Gasteiger partial charge in [0, 0.05) is 24.8 Å². The van der Waals surface area contributed by atoms with Crippen molar-refractivity contribution < 1.29 is 9.15 Å². The molecule has 0 aromatic carbocycles. The monoisotopic (exact) mass is 221 g/mol. The van der Waals surface area contributed by atoms with Crippen molar-refractivity contribution in [2.75, 3.05) is 6.61 Å². The van der Waals surface area contributed by atoms with E-state index in [1.165, 1.54) is 31.2 Å². The molecule has 0 spiro atoms. The molecule has 0 amide bonds. The van der Waals surface area contributed by atoms with Gasteiger partial charge in [-0.25, -0.2) is 0 Å². The minimum atomic E-state index is 0.625. The van der Waals surface area contributed by atoms with Crippen molar-refractivity contribution in [2.45, 2.75) is 44.9 Å². The molecule has 0 unspecified atom stereocenters. The van der Waals surface area contributed by atoms with Crippen LogP contribution >= 0.6 is 0 Å². The van der Waals surface area contributed by atoms with E-state index in [-0.39, 0.29) is 0 Å². The van der Waals surface area contributed by atoms with Gasteiger partial charge in [-0.05, 0) is 37.7 Å². The maximum absolute atomic E-state index is 5.58. The van der Waals surface area contributed by atoms with Crippen LogP contribution in [0, 0.1) is 5.92 Å². The minimum absolute atomic E-state index is 0.625. The summed E-state index contributed by atoms with van der Waals surface area (Å²) in [5.41, 5.74) is 1.23. The summed E-state index contributed by atoms with van der Waals surface area (Å²) < 4.78 is 11.0. The number of nitrogens with one attached hydrogen (secondary N) is 1. The van der Waals surface area contributed by atoms with Crippen molar-refractivity contribution in [2.24, 2.45) is 5.92 Å². The van der Waals surface area contributed by atoms with Gasteiger partial charge in [0.2, 0.25) is 0 Å². The van der Waals surface area contributed by atoms with Gasteiger partial charge in [0.1, 0.15) is 12.4 Å². The van der Waals surface area contributed by atoms with Gasteiger partial charge in [-0.2, -0.15) is 0 Å². The molecule has 3 heteroatoms. The average Bonchev–Trinajstić information content (AvgIpc) is 3.18. The van der Waals surface area contributed by atoms with E-state index in [2.05, 4.69) is 11.4 Å². The van der Waals surface area contributed by atoms with E-state index >= 15 is 0 Å². The summed E-state index contributed by atoms with van der Waals surface area (Å²) in [6.07, 6.45) is 7.18. The maximum atomic E-state index is 5.58. The van der Waals surface area contributed by atoms with E-state index in [1.54, 1.807) is 0 Å². The van der Waals surface area contributed by atoms with E-state index in [0.717, 1.165) is 30.9 Å². The second-order valence-electron chi connectivity index (χ2n) is 5.03. The first-order valence-corrected chi connectivity index (χ1v) is 6.27. The fourth-order valence-electron chi connectivity index (χ4n) is 1.75. The van der Waals surface area contributed by atoms with Crippen molar-refractivity contribution in [3.63, 3.8) is 0 Å². The lowest BCUT2D eigenvalue weighted by molar-refractivity contribution is 0.0973. The van der Waals surface area contributed by atoms with Crippen LogP contribution in [-0.4, -0.2) is 12.6 Å². The van der Waals surface area contributed by atoms with Crippen LogP contribution in [0.5, 0.6) is 0 Å². The fourth-order valence-corrected chi connectivity index (χ4v) is 1.75. The largest absolute Gasteiger partial charge is 0.467 e. The van der Waals surface area contributed by atoms with E-state index in [0.29, 0.717) is 6.61 Å². The molecule has 88 valence electrons. The summed E-state index contributed by atoms with van der Waals surface area (Å²) in [7, 11) is 0. The quantitative estimate of drug-likeness (QED) is 0.768. The van der Waals surface area contributed by atoms with Gasteiger partial charge >= 0.3 is 0 Å². The zero-order valence-electron chi connectivity index (χ0n) is 9.58. The van der Waals surface area contributed by atoms with Crippen LogP contribution in [-0.2, 0) is 17.9 Å². The predicted molar refractivity (Wildman–Crippen MR) is 60.9 cm³/mol. The third-order valence-corrected chi connectivity index (χ3v) is 3.18. The summed E-state index contributed by atoms with van der Waals surface area (Å²) in [6.45, 7) is 2.45. The van der Waals surface area contributed by atoms with Crippen LogP contribution in [0.1, 0.15) is 37.0 Å². The number of hydrogen-bond donors (Lipinski definition) is 1. The first kappa shape index (κ1) is 10.4. The molecule has 0 saturated heterocycles. The number of rotatable bonds is 7. The topological polar surface area (TPSA) is 34.4 Å². The molecule has 0 atom stereocenters. The summed E-state index contributed by atoms with van der Waals surface area (Å²) in [4.78, 5) is 0. The van der Waals surface area contributed by atoms with Gasteiger partial charge in [0.25, 0.3) is 0 Å². The van der Waals surface area contributed by atoms with Crippen LogP contribution in [0.3, 0.4) is 0 Å². The Hall–Kier alpha value is -0.800. The van der Waals surface area contributed by atoms with E-state index < -0.39 is 0 Å². The summed E-state index contributed by atoms with van der Waals surface area (Å²) in [6, 6.07) is 2.85. The Bertz CT molecular complexity index is 339. The average molecular weight is 221 g/mol. The smallest absolute Gasteiger partial charge is 0.129 e. The number of furan rings is 1. The molecule has 0 radical (unpaired) electrons. The van der Waals surface area contributed by atoms with Gasteiger partial charge in [-0.15, -0.1) is 0 Å². The molecule has 2 aliphatic rings. The van der Waals surface area contributed by atoms with Crippen molar-refractivity contribution in [1.82, 2.24) is 5.32 Å². The Kier molecular flexibility index (Phi) is 2.98. The number of ether oxygens (including phenoxy) is 1. The lowest BCUT2D eigenvalue weighted by Gasteiger charge is -1.99. The number of hydrogen-bond acceptors (Lipinski definition) is 3. The molecule has 2 aliphatic carbocycles. The highest BCUT2D eigenvalue weighted by atomic mass is 16.5. The second-order valence-corrected chi connectivity index (χ2v) is 5.03. The van der Waals surface area contributed by atoms with Crippen molar-refractivity contribution in [3.05, 3.63) is 23.7 Å². The lowest BCUT2D eigenvalue weighted by Crippen LogP contribution is -2.14. The van der Waals surface area contributed by atoms with Gasteiger partial charge in [0.05, 0.1) is 6.26 Å². The Balaban J connectivity index is 1.39. The molecule has 1 heterocycles. The first-order chi connectivity index (χ1) is 7.90. The standard InChI is InChI=1S/C13H19NO2/c1-2-10(1)7-15-9-13-5-11(8-16-13)6-14-12-3-4-12/h5,8,10,12,14H,1-4,6-7,9H2. The molecule has 1 N–H and O–H groups in total. The van der Waals surface area contributed by atoms with Crippen LogP contribution in [0.15, 0.2) is 16.7 Å². The van der Waals surface area contributed by atoms with Crippen molar-refractivity contribution >= 4 is 0 Å². The molecule has 0 bridgehead atoms. The maximum Gasteiger partial charge on any atom is 0.129 e. The van der Waals surface area contributed by atoms with Crippen LogP contribution in [0.2, 0.25) is 0 Å². The van der Waals surface area contributed by atoms with Crippen molar-refractivity contribution in [1.29, 1.82) is 0 Å². The first-order valence-electron chi connectivity index (χ1n) is 6.27. The van der Waals surface area contributed by atoms with Gasteiger partial charge in [-0.1, -0.05) is 0 Å². The van der Waals surface area contributed by atoms with E-state index in [9.17, 15) is 0 Å². The highest BCUT2D eigenvalue weighted by Crippen LogP contribution is 2.29. The van der Waals surface area contributed by atoms with Crippen LogP contribution in [0.4, 0.5) is 0 Å². The Labute approximate surface area is 96.2 Å². The molecule has 2 fully saturated rings. The Morgan fingerprint density at radius 2 is 2.19 bits per heavy atom. The van der Waals surface area contributed by atoms with Gasteiger partial charge in [0.15, 0.2) is 0 Å². The summed E-state index contributed by atoms with van der Waals surface area (Å²) in [5, 5.41) is 3.47. The molecule has 16 heavy (non-hydrogen) atoms. The molecule has 3 nitrogen and oxygen atoms in total. The van der Waals surface area contributed by atoms with Crippen molar-refractivity contribution in [3.8, 4) is 0 Å². The molecule has 2 saturated carbocycles. The molecule has 1 aromatic heterocycles. The normalized spacial score (nSPS) is 20.2. The summed E-state index contributed by atoms with van der Waals surface area (Å²) >= 11 is 0. The van der Waals surface area contributed by atoms with E-state index in [4.69, 9.17) is 9.15 Å². The van der Waals surface area contributed by atoms with E-state index in [1.807, 2.05) is 6.26 Å². The molecule has 3 rings (SSSR count). The zero-order valence-corrected chi connectivity index (χ0v) is 9.58. The molecule has 1 aromatic rings. The van der Waals surface area contributed by atoms with Crippen LogP contribution < -0.4 is 5.32 Å². The third kappa shape index (κ3) is 3.09. The van der Waals surface area contributed by atoms with Gasteiger partial charge < -0.3 is 14.5 Å². The van der Waals surface area contributed by atoms with Crippen LogP contribution in [0.25, 0.3) is 0 Å². The fraction of sp³-hybridized carbons (Fsp3) is 0.692. The zero-order chi connectivity index (χ0) is 10.8. The predicted octanol–water partition coefficient (Wildman–Crippen LogP) is 2.46. The lowest BCUT2D eigenvalue weighted by atomic mass is 10.3. The minimum Gasteiger partial charge on any atom is -0.467 e.